The molecule has 0 saturated carbocycles. The third-order valence-corrected chi connectivity index (χ3v) is 3.03. The third kappa shape index (κ3) is 4.16. The number of carbonyl (C=O) groups is 1. The zero-order valence-corrected chi connectivity index (χ0v) is 11.1. The van der Waals surface area contributed by atoms with E-state index in [0.717, 1.165) is 32.3 Å². The summed E-state index contributed by atoms with van der Waals surface area (Å²) in [5.41, 5.74) is -0.113. The highest BCUT2D eigenvalue weighted by Gasteiger charge is 2.11. The Morgan fingerprint density at radius 1 is 1.50 bits per heavy atom. The lowest BCUT2D eigenvalue weighted by Gasteiger charge is -2.22. The molecule has 2 heterocycles. The molecule has 0 spiro atoms. The number of carbonyl (C=O) groups excluding carboxylic acids is 1. The maximum absolute atomic E-state index is 11.7. The molecule has 0 bridgehead atoms. The van der Waals surface area contributed by atoms with Crippen LogP contribution in [-0.4, -0.2) is 51.7 Å². The highest BCUT2D eigenvalue weighted by atomic mass is 16.6. The van der Waals surface area contributed by atoms with Crippen molar-refractivity contribution in [3.05, 3.63) is 34.7 Å². The predicted octanol–water partition coefficient (Wildman–Crippen LogP) is 0.169. The molecule has 1 aromatic heterocycles. The van der Waals surface area contributed by atoms with Gasteiger partial charge in [0.25, 0.3) is 0 Å². The second kappa shape index (κ2) is 6.80. The first-order valence-corrected chi connectivity index (χ1v) is 6.46. The minimum absolute atomic E-state index is 0.00621. The van der Waals surface area contributed by atoms with Gasteiger partial charge in [-0.1, -0.05) is 12.2 Å². The Hall–Kier alpha value is -2.22. The van der Waals surface area contributed by atoms with Gasteiger partial charge in [0.2, 0.25) is 5.91 Å². The van der Waals surface area contributed by atoms with Gasteiger partial charge in [-0.05, 0) is 6.42 Å². The van der Waals surface area contributed by atoms with Gasteiger partial charge in [-0.15, -0.1) is 0 Å². The van der Waals surface area contributed by atoms with Crippen LogP contribution in [0.15, 0.2) is 24.5 Å². The monoisotopic (exact) mass is 279 g/mol. The molecule has 108 valence electrons. The maximum Gasteiger partial charge on any atom is 0.307 e. The smallest absolute Gasteiger partial charge is 0.307 e. The second-order valence-corrected chi connectivity index (χ2v) is 4.56. The molecule has 1 aromatic rings. The summed E-state index contributed by atoms with van der Waals surface area (Å²) >= 11 is 0. The fraction of sp³-hybridized carbons (Fsp3) is 0.500. The molecule has 0 radical (unpaired) electrons. The highest BCUT2D eigenvalue weighted by molar-refractivity contribution is 5.75. The average Bonchev–Trinajstić information content (AvgIpc) is 2.88. The third-order valence-electron chi connectivity index (χ3n) is 3.03. The number of aromatic nitrogens is 2. The van der Waals surface area contributed by atoms with E-state index < -0.39 is 4.92 Å². The topological polar surface area (TPSA) is 93.3 Å². The van der Waals surface area contributed by atoms with Crippen LogP contribution in [0.3, 0.4) is 0 Å². The largest absolute Gasteiger partial charge is 0.353 e. The molecule has 1 aliphatic heterocycles. The number of nitrogens with zero attached hydrogens (tertiary/aromatic N) is 4. The van der Waals surface area contributed by atoms with Crippen molar-refractivity contribution in [3.8, 4) is 0 Å². The van der Waals surface area contributed by atoms with Crippen LogP contribution in [-0.2, 0) is 11.3 Å². The van der Waals surface area contributed by atoms with Gasteiger partial charge in [-0.2, -0.15) is 5.10 Å². The lowest BCUT2D eigenvalue weighted by molar-refractivity contribution is -0.385. The molecule has 0 unspecified atom stereocenters. The zero-order chi connectivity index (χ0) is 14.4. The molecule has 0 atom stereocenters. The molecule has 1 amide bonds. The summed E-state index contributed by atoms with van der Waals surface area (Å²) in [7, 11) is 0. The zero-order valence-electron chi connectivity index (χ0n) is 11.1. The summed E-state index contributed by atoms with van der Waals surface area (Å²) in [6.07, 6.45) is 7.70. The van der Waals surface area contributed by atoms with Crippen molar-refractivity contribution in [2.75, 3.05) is 26.2 Å². The van der Waals surface area contributed by atoms with Gasteiger partial charge in [-0.25, -0.2) is 0 Å². The quantitative estimate of drug-likeness (QED) is 0.455. The normalized spacial score (nSPS) is 15.2. The van der Waals surface area contributed by atoms with E-state index in [0.29, 0.717) is 6.54 Å². The van der Waals surface area contributed by atoms with Crippen LogP contribution in [0.2, 0.25) is 0 Å². The minimum atomic E-state index is -0.536. The molecule has 0 fully saturated rings. The van der Waals surface area contributed by atoms with Crippen LogP contribution in [0.25, 0.3) is 0 Å². The first-order chi connectivity index (χ1) is 9.65. The SMILES string of the molecule is O=C(Cn1cc([N+](=O)[O-])cn1)NCCN1CC=CCC1. The fourth-order valence-corrected chi connectivity index (χ4v) is 1.98. The van der Waals surface area contributed by atoms with Crippen LogP contribution in [0, 0.1) is 10.1 Å². The van der Waals surface area contributed by atoms with Crippen LogP contribution in [0.4, 0.5) is 5.69 Å². The Kier molecular flexibility index (Phi) is 4.83. The van der Waals surface area contributed by atoms with Crippen LogP contribution in [0.1, 0.15) is 6.42 Å². The van der Waals surface area contributed by atoms with Gasteiger partial charge >= 0.3 is 5.69 Å². The van der Waals surface area contributed by atoms with Gasteiger partial charge in [0.1, 0.15) is 18.9 Å². The Balaban J connectivity index is 1.69. The Bertz CT molecular complexity index is 511. The standard InChI is InChI=1S/C12H17N5O3/c18-12(10-16-9-11(8-14-16)17(19)20)13-4-7-15-5-2-1-3-6-15/h1-2,8-9H,3-7,10H2,(H,13,18). The highest BCUT2D eigenvalue weighted by Crippen LogP contribution is 2.07. The molecule has 1 N–H and O–H groups in total. The number of amides is 1. The van der Waals surface area contributed by atoms with Gasteiger partial charge in [0, 0.05) is 26.2 Å². The Morgan fingerprint density at radius 2 is 2.35 bits per heavy atom. The van der Waals surface area contributed by atoms with Crippen molar-refractivity contribution in [2.45, 2.75) is 13.0 Å². The number of hydrogen-bond acceptors (Lipinski definition) is 5. The van der Waals surface area contributed by atoms with E-state index in [2.05, 4.69) is 27.5 Å². The molecule has 0 saturated heterocycles. The van der Waals surface area contributed by atoms with Crippen molar-refractivity contribution in [3.63, 3.8) is 0 Å². The van der Waals surface area contributed by atoms with Crippen LogP contribution in [0.5, 0.6) is 0 Å². The minimum Gasteiger partial charge on any atom is -0.353 e. The van der Waals surface area contributed by atoms with E-state index in [1.54, 1.807) is 0 Å². The number of rotatable bonds is 6. The van der Waals surface area contributed by atoms with E-state index in [1.807, 2.05) is 0 Å². The van der Waals surface area contributed by atoms with Crippen LogP contribution < -0.4 is 5.32 Å². The molecule has 8 heteroatoms. The van der Waals surface area contributed by atoms with E-state index >= 15 is 0 Å². The van der Waals surface area contributed by atoms with Crippen molar-refractivity contribution in [1.82, 2.24) is 20.0 Å². The van der Waals surface area contributed by atoms with Gasteiger partial charge in [0.15, 0.2) is 0 Å². The number of nitrogens with one attached hydrogen (secondary N) is 1. The summed E-state index contributed by atoms with van der Waals surface area (Å²) < 4.78 is 1.26. The summed E-state index contributed by atoms with van der Waals surface area (Å²) in [5.74, 6) is -0.199. The van der Waals surface area contributed by atoms with E-state index in [4.69, 9.17) is 0 Å². The fourth-order valence-electron chi connectivity index (χ4n) is 1.98. The molecule has 0 aliphatic carbocycles. The van der Waals surface area contributed by atoms with E-state index in [9.17, 15) is 14.9 Å². The summed E-state index contributed by atoms with van der Waals surface area (Å²) in [6, 6.07) is 0. The average molecular weight is 279 g/mol. The molecular weight excluding hydrogens is 262 g/mol. The van der Waals surface area contributed by atoms with Gasteiger partial charge in [-0.3, -0.25) is 24.5 Å². The number of nitro groups is 1. The maximum atomic E-state index is 11.7. The van der Waals surface area contributed by atoms with Crippen molar-refractivity contribution in [2.24, 2.45) is 0 Å². The first kappa shape index (κ1) is 14.2. The Morgan fingerprint density at radius 3 is 3.00 bits per heavy atom. The van der Waals surface area contributed by atoms with Crippen LogP contribution >= 0.6 is 0 Å². The summed E-state index contributed by atoms with van der Waals surface area (Å²) in [6.45, 7) is 3.29. The summed E-state index contributed by atoms with van der Waals surface area (Å²) in [4.78, 5) is 23.9. The predicted molar refractivity (Wildman–Crippen MR) is 72.1 cm³/mol. The van der Waals surface area contributed by atoms with E-state index in [1.165, 1.54) is 10.9 Å². The molecular formula is C12H17N5O3. The van der Waals surface area contributed by atoms with Crippen molar-refractivity contribution in [1.29, 1.82) is 0 Å². The van der Waals surface area contributed by atoms with Crippen molar-refractivity contribution >= 4 is 11.6 Å². The number of hydrogen-bond donors (Lipinski definition) is 1. The first-order valence-electron chi connectivity index (χ1n) is 6.46. The van der Waals surface area contributed by atoms with Gasteiger partial charge in [0.05, 0.1) is 4.92 Å². The second-order valence-electron chi connectivity index (χ2n) is 4.56. The lowest BCUT2D eigenvalue weighted by Crippen LogP contribution is -2.37. The lowest BCUT2D eigenvalue weighted by atomic mass is 10.2. The molecule has 1 aliphatic rings. The molecule has 20 heavy (non-hydrogen) atoms. The molecule has 2 rings (SSSR count). The molecule has 0 aromatic carbocycles. The van der Waals surface area contributed by atoms with Crippen molar-refractivity contribution < 1.29 is 9.72 Å². The van der Waals surface area contributed by atoms with E-state index in [-0.39, 0.29) is 18.1 Å². The Labute approximate surface area is 116 Å². The summed E-state index contributed by atoms with van der Waals surface area (Å²) in [5, 5.41) is 17.0. The molecule has 8 nitrogen and oxygen atoms in total. The van der Waals surface area contributed by atoms with Gasteiger partial charge < -0.3 is 5.32 Å².